The number of aryl methyl sites for hydroxylation is 1. The second-order valence-electron chi connectivity index (χ2n) is 7.53. The second kappa shape index (κ2) is 11.3. The van der Waals surface area contributed by atoms with Gasteiger partial charge in [0.15, 0.2) is 11.2 Å². The van der Waals surface area contributed by atoms with Crippen molar-refractivity contribution in [3.8, 4) is 5.75 Å². The molecule has 4 nitrogen and oxygen atoms in total. The number of halogens is 4. The summed E-state index contributed by atoms with van der Waals surface area (Å²) in [6.07, 6.45) is 2.79. The maximum Gasteiger partial charge on any atom is 0.260 e. The number of anilines is 1. The molecule has 34 heavy (non-hydrogen) atoms. The van der Waals surface area contributed by atoms with Crippen LogP contribution < -0.4 is 15.4 Å². The number of ether oxygens (including phenoxy) is 1. The topological polar surface area (TPSA) is 50.4 Å². The quantitative estimate of drug-likeness (QED) is 0.270. The smallest absolute Gasteiger partial charge is 0.260 e. The van der Waals surface area contributed by atoms with Crippen molar-refractivity contribution in [2.24, 2.45) is 0 Å². The molecule has 3 aromatic rings. The lowest BCUT2D eigenvalue weighted by Crippen LogP contribution is -2.30. The van der Waals surface area contributed by atoms with Gasteiger partial charge >= 0.3 is 0 Å². The molecule has 0 spiro atoms. The largest absolute Gasteiger partial charge is 0.486 e. The van der Waals surface area contributed by atoms with Crippen LogP contribution in [0, 0.1) is 0 Å². The summed E-state index contributed by atoms with van der Waals surface area (Å²) in [5.41, 5.74) is 3.61. The lowest BCUT2D eigenvalue weighted by molar-refractivity contribution is -0.116. The lowest BCUT2D eigenvalue weighted by Gasteiger charge is -2.13. The number of rotatable bonds is 7. The fourth-order valence-corrected chi connectivity index (χ4v) is 5.58. The Morgan fingerprint density at radius 3 is 2.44 bits per heavy atom. The first-order chi connectivity index (χ1) is 16.3. The van der Waals surface area contributed by atoms with Crippen LogP contribution in [0.25, 0.3) is 6.08 Å². The van der Waals surface area contributed by atoms with Crippen molar-refractivity contribution in [1.82, 2.24) is 5.32 Å². The van der Waals surface area contributed by atoms with Gasteiger partial charge in [0.1, 0.15) is 6.61 Å². The first kappa shape index (κ1) is 25.3. The van der Waals surface area contributed by atoms with Crippen molar-refractivity contribution in [2.45, 2.75) is 25.4 Å². The molecule has 1 aliphatic heterocycles. The Hall–Kier alpha value is -1.83. The summed E-state index contributed by atoms with van der Waals surface area (Å²) in [5.74, 6) is 0.369. The summed E-state index contributed by atoms with van der Waals surface area (Å²) in [6, 6.07) is 17.1. The van der Waals surface area contributed by atoms with E-state index < -0.39 is 0 Å². The highest BCUT2D eigenvalue weighted by molar-refractivity contribution is 9.10. The van der Waals surface area contributed by atoms with E-state index in [1.165, 1.54) is 17.3 Å². The molecule has 176 valence electrons. The van der Waals surface area contributed by atoms with Crippen LogP contribution in [0.5, 0.6) is 5.75 Å². The van der Waals surface area contributed by atoms with Crippen LogP contribution in [-0.2, 0) is 17.8 Å². The van der Waals surface area contributed by atoms with Gasteiger partial charge in [-0.1, -0.05) is 71.7 Å². The lowest BCUT2D eigenvalue weighted by atomic mass is 10.1. The van der Waals surface area contributed by atoms with Crippen molar-refractivity contribution in [3.63, 3.8) is 0 Å². The molecule has 1 saturated heterocycles. The van der Waals surface area contributed by atoms with Gasteiger partial charge < -0.3 is 15.4 Å². The SMILES string of the molecule is CCc1ccc(N[C@@H]2NC(=O)/C(=C/c3cc(Cl)c(OCc4ccc(Cl)c(Cl)c4)c(Br)c3)S2)cc1. The van der Waals surface area contributed by atoms with Gasteiger partial charge in [-0.05, 0) is 81.5 Å². The maximum absolute atomic E-state index is 12.5. The van der Waals surface area contributed by atoms with E-state index in [2.05, 4.69) is 45.6 Å². The molecular weight excluding hydrogens is 579 g/mol. The average Bonchev–Trinajstić information content (AvgIpc) is 3.14. The van der Waals surface area contributed by atoms with Crippen LogP contribution >= 0.6 is 62.5 Å². The third-order valence-electron chi connectivity index (χ3n) is 5.08. The standard InChI is InChI=1S/C25H20BrCl3N2O2S/c1-2-14-3-6-17(7-4-14)30-25-31-24(32)22(34-25)12-16-9-18(26)23(21(29)11-16)33-13-15-5-8-19(27)20(28)10-15/h3-12,25,30H,2,13H2,1H3,(H,31,32)/b22-12-/t25-/m1/s1. The molecule has 1 fully saturated rings. The van der Waals surface area contributed by atoms with Crippen molar-refractivity contribution >= 4 is 80.2 Å². The number of carbonyl (C=O) groups excluding carboxylic acids is 1. The number of hydrogen-bond donors (Lipinski definition) is 2. The Kier molecular flexibility index (Phi) is 8.38. The van der Waals surface area contributed by atoms with Crippen molar-refractivity contribution < 1.29 is 9.53 Å². The van der Waals surface area contributed by atoms with E-state index in [4.69, 9.17) is 39.5 Å². The van der Waals surface area contributed by atoms with Crippen LogP contribution in [0.4, 0.5) is 5.69 Å². The van der Waals surface area contributed by atoms with Gasteiger partial charge in [-0.25, -0.2) is 0 Å². The van der Waals surface area contributed by atoms with E-state index in [-0.39, 0.29) is 18.0 Å². The summed E-state index contributed by atoms with van der Waals surface area (Å²) in [6.45, 7) is 2.39. The van der Waals surface area contributed by atoms with Gasteiger partial charge in [0.25, 0.3) is 5.91 Å². The minimum atomic E-state index is -0.251. The molecule has 4 rings (SSSR count). The van der Waals surface area contributed by atoms with Crippen LogP contribution in [0.1, 0.15) is 23.6 Å². The van der Waals surface area contributed by atoms with Crippen LogP contribution in [-0.4, -0.2) is 11.4 Å². The molecule has 1 amide bonds. The van der Waals surface area contributed by atoms with Gasteiger partial charge in [0.05, 0.1) is 24.4 Å². The highest BCUT2D eigenvalue weighted by Gasteiger charge is 2.27. The predicted molar refractivity (Wildman–Crippen MR) is 147 cm³/mol. The highest BCUT2D eigenvalue weighted by Crippen LogP contribution is 2.37. The molecule has 0 radical (unpaired) electrons. The molecule has 0 aromatic heterocycles. The Balaban J connectivity index is 1.43. The number of nitrogens with one attached hydrogen (secondary N) is 2. The average molecular weight is 599 g/mol. The Labute approximate surface area is 226 Å². The van der Waals surface area contributed by atoms with Gasteiger partial charge in [0.2, 0.25) is 0 Å². The number of hydrogen-bond acceptors (Lipinski definition) is 4. The zero-order chi connectivity index (χ0) is 24.2. The van der Waals surface area contributed by atoms with Crippen molar-refractivity contribution in [1.29, 1.82) is 0 Å². The molecule has 1 aliphatic rings. The van der Waals surface area contributed by atoms with Gasteiger partial charge in [-0.2, -0.15) is 0 Å². The van der Waals surface area contributed by atoms with Crippen molar-refractivity contribution in [3.05, 3.63) is 95.7 Å². The second-order valence-corrected chi connectivity index (χ2v) is 10.7. The molecule has 1 heterocycles. The van der Waals surface area contributed by atoms with Gasteiger partial charge in [-0.15, -0.1) is 0 Å². The number of carbonyl (C=O) groups is 1. The summed E-state index contributed by atoms with van der Waals surface area (Å²) in [4.78, 5) is 13.1. The summed E-state index contributed by atoms with van der Waals surface area (Å²) in [7, 11) is 0. The number of amides is 1. The van der Waals surface area contributed by atoms with E-state index in [0.717, 1.165) is 23.2 Å². The molecule has 0 aliphatic carbocycles. The monoisotopic (exact) mass is 596 g/mol. The highest BCUT2D eigenvalue weighted by atomic mass is 79.9. The van der Waals surface area contributed by atoms with Crippen LogP contribution in [0.15, 0.2) is 64.0 Å². The normalized spacial score (nSPS) is 16.6. The molecule has 3 aromatic carbocycles. The first-order valence-electron chi connectivity index (χ1n) is 10.4. The zero-order valence-corrected chi connectivity index (χ0v) is 22.7. The predicted octanol–water partition coefficient (Wildman–Crippen LogP) is 8.15. The molecule has 0 unspecified atom stereocenters. The Morgan fingerprint density at radius 2 is 1.76 bits per heavy atom. The van der Waals surface area contributed by atoms with E-state index in [1.807, 2.05) is 24.3 Å². The summed E-state index contributed by atoms with van der Waals surface area (Å²) in [5, 5.41) is 7.65. The first-order valence-corrected chi connectivity index (χ1v) is 13.2. The maximum atomic E-state index is 12.5. The third-order valence-corrected chi connectivity index (χ3v) is 7.71. The molecule has 1 atom stereocenters. The molecule has 0 saturated carbocycles. The zero-order valence-electron chi connectivity index (χ0n) is 18.0. The van der Waals surface area contributed by atoms with E-state index in [0.29, 0.717) is 30.2 Å². The molecule has 9 heteroatoms. The third kappa shape index (κ3) is 6.23. The Bertz CT molecular complexity index is 1230. The summed E-state index contributed by atoms with van der Waals surface area (Å²) < 4.78 is 6.58. The van der Waals surface area contributed by atoms with E-state index in [9.17, 15) is 4.79 Å². The van der Waals surface area contributed by atoms with Crippen LogP contribution in [0.3, 0.4) is 0 Å². The van der Waals surface area contributed by atoms with Gasteiger partial charge in [-0.3, -0.25) is 4.79 Å². The van der Waals surface area contributed by atoms with E-state index in [1.54, 1.807) is 24.3 Å². The fourth-order valence-electron chi connectivity index (χ4n) is 3.29. The fraction of sp³-hybridized carbons (Fsp3) is 0.160. The van der Waals surface area contributed by atoms with Crippen LogP contribution in [0.2, 0.25) is 15.1 Å². The molecule has 0 bridgehead atoms. The number of benzene rings is 3. The van der Waals surface area contributed by atoms with E-state index >= 15 is 0 Å². The molecular formula is C25H20BrCl3N2O2S. The van der Waals surface area contributed by atoms with Crippen molar-refractivity contribution in [2.75, 3.05) is 5.32 Å². The Morgan fingerprint density at radius 1 is 1.03 bits per heavy atom. The van der Waals surface area contributed by atoms with Gasteiger partial charge in [0, 0.05) is 5.69 Å². The minimum absolute atomic E-state index is 0.139. The molecule has 2 N–H and O–H groups in total. The minimum Gasteiger partial charge on any atom is -0.486 e. The number of thioether (sulfide) groups is 1. The summed E-state index contributed by atoms with van der Waals surface area (Å²) >= 11 is 23.5.